The Labute approximate surface area is 114 Å². The van der Waals surface area contributed by atoms with E-state index in [0.29, 0.717) is 6.54 Å². The van der Waals surface area contributed by atoms with Gasteiger partial charge in [0.25, 0.3) is 0 Å². The molecular weight excluding hydrogens is 283 g/mol. The van der Waals surface area contributed by atoms with E-state index in [1.165, 1.54) is 0 Å². The maximum absolute atomic E-state index is 12.4. The highest BCUT2D eigenvalue weighted by Gasteiger charge is 2.31. The lowest BCUT2D eigenvalue weighted by Crippen LogP contribution is -2.35. The lowest BCUT2D eigenvalue weighted by molar-refractivity contribution is -0.119. The minimum Gasteiger partial charge on any atom is -0.354 e. The minimum atomic E-state index is -4.33. The van der Waals surface area contributed by atoms with Gasteiger partial charge in [0.2, 0.25) is 17.2 Å². The van der Waals surface area contributed by atoms with E-state index in [1.807, 2.05) is 6.92 Å². The number of alkyl halides is 3. The molecule has 1 aromatic rings. The molecule has 0 aliphatic carbocycles. The van der Waals surface area contributed by atoms with Crippen molar-refractivity contribution in [3.8, 4) is 0 Å². The summed E-state index contributed by atoms with van der Waals surface area (Å²) in [7, 11) is 0. The molecule has 1 N–H and O–H groups in total. The zero-order valence-corrected chi connectivity index (χ0v) is 11.4. The van der Waals surface area contributed by atoms with E-state index >= 15 is 0 Å². The molecule has 0 unspecified atom stereocenters. The highest BCUT2D eigenvalue weighted by Crippen LogP contribution is 2.20. The average molecular weight is 298 g/mol. The van der Waals surface area contributed by atoms with Gasteiger partial charge in [-0.3, -0.25) is 0 Å². The summed E-state index contributed by atoms with van der Waals surface area (Å²) in [5, 5.41) is 2.73. The van der Waals surface area contributed by atoms with E-state index in [-0.39, 0.29) is 23.7 Å². The SMILES string of the molecule is CCCNc1nc(Cl)nc(N(CC)CC(F)(F)F)n1. The first-order chi connectivity index (χ1) is 8.85. The summed E-state index contributed by atoms with van der Waals surface area (Å²) < 4.78 is 37.3. The van der Waals surface area contributed by atoms with Crippen molar-refractivity contribution in [3.63, 3.8) is 0 Å². The number of nitrogens with one attached hydrogen (secondary N) is 1. The van der Waals surface area contributed by atoms with Crippen LogP contribution in [0.4, 0.5) is 25.1 Å². The number of hydrogen-bond acceptors (Lipinski definition) is 5. The molecule has 5 nitrogen and oxygen atoms in total. The molecule has 1 heterocycles. The van der Waals surface area contributed by atoms with Crippen LogP contribution in [-0.2, 0) is 0 Å². The summed E-state index contributed by atoms with van der Waals surface area (Å²) >= 11 is 5.69. The van der Waals surface area contributed by atoms with Crippen molar-refractivity contribution >= 4 is 23.5 Å². The largest absolute Gasteiger partial charge is 0.406 e. The van der Waals surface area contributed by atoms with Crippen molar-refractivity contribution < 1.29 is 13.2 Å². The molecule has 0 bridgehead atoms. The van der Waals surface area contributed by atoms with Gasteiger partial charge in [-0.15, -0.1) is 0 Å². The molecule has 0 aromatic carbocycles. The van der Waals surface area contributed by atoms with Gasteiger partial charge >= 0.3 is 6.18 Å². The van der Waals surface area contributed by atoms with Gasteiger partial charge in [0.1, 0.15) is 6.54 Å². The normalized spacial score (nSPS) is 11.5. The molecule has 1 aromatic heterocycles. The van der Waals surface area contributed by atoms with Gasteiger partial charge in [0.15, 0.2) is 0 Å². The van der Waals surface area contributed by atoms with Gasteiger partial charge in [-0.2, -0.15) is 28.1 Å². The van der Waals surface area contributed by atoms with Gasteiger partial charge in [-0.05, 0) is 24.9 Å². The zero-order chi connectivity index (χ0) is 14.5. The Kier molecular flexibility index (Phi) is 5.59. The quantitative estimate of drug-likeness (QED) is 0.875. The van der Waals surface area contributed by atoms with Crippen molar-refractivity contribution in [1.82, 2.24) is 15.0 Å². The molecule has 0 fully saturated rings. The summed E-state index contributed by atoms with van der Waals surface area (Å²) in [5.74, 6) is 0.0934. The van der Waals surface area contributed by atoms with E-state index in [0.717, 1.165) is 11.3 Å². The van der Waals surface area contributed by atoms with Crippen LogP contribution in [0.2, 0.25) is 5.28 Å². The van der Waals surface area contributed by atoms with Gasteiger partial charge in [0, 0.05) is 13.1 Å². The maximum Gasteiger partial charge on any atom is 0.406 e. The second-order valence-electron chi connectivity index (χ2n) is 3.78. The van der Waals surface area contributed by atoms with E-state index in [4.69, 9.17) is 11.6 Å². The lowest BCUT2D eigenvalue weighted by Gasteiger charge is -2.22. The Balaban J connectivity index is 2.93. The minimum absolute atomic E-state index is 0.0848. The molecule has 0 amide bonds. The van der Waals surface area contributed by atoms with Crippen molar-refractivity contribution in [2.45, 2.75) is 26.4 Å². The molecule has 108 valence electrons. The summed E-state index contributed by atoms with van der Waals surface area (Å²) in [5.41, 5.74) is 0. The molecule has 19 heavy (non-hydrogen) atoms. The van der Waals surface area contributed by atoms with Crippen molar-refractivity contribution in [2.75, 3.05) is 29.9 Å². The maximum atomic E-state index is 12.4. The van der Waals surface area contributed by atoms with E-state index in [1.54, 1.807) is 6.92 Å². The first kappa shape index (κ1) is 15.7. The van der Waals surface area contributed by atoms with Crippen molar-refractivity contribution in [3.05, 3.63) is 5.28 Å². The summed E-state index contributed by atoms with van der Waals surface area (Å²) in [6.07, 6.45) is -3.50. The number of hydrogen-bond donors (Lipinski definition) is 1. The second-order valence-corrected chi connectivity index (χ2v) is 4.12. The van der Waals surface area contributed by atoms with Gasteiger partial charge in [-0.1, -0.05) is 6.92 Å². The molecule has 9 heteroatoms. The summed E-state index contributed by atoms with van der Waals surface area (Å²) in [6.45, 7) is 3.12. The number of anilines is 2. The van der Waals surface area contributed by atoms with Crippen LogP contribution in [0.15, 0.2) is 0 Å². The lowest BCUT2D eigenvalue weighted by atomic mass is 10.5. The van der Waals surface area contributed by atoms with Crippen LogP contribution in [0.25, 0.3) is 0 Å². The van der Waals surface area contributed by atoms with Gasteiger partial charge in [0.05, 0.1) is 0 Å². The third-order valence-electron chi connectivity index (χ3n) is 2.16. The van der Waals surface area contributed by atoms with Crippen LogP contribution in [0.5, 0.6) is 0 Å². The standard InChI is InChI=1S/C10H15ClF3N5/c1-3-5-15-8-16-7(11)17-9(18-8)19(4-2)6-10(12,13)14/h3-6H2,1-2H3,(H,15,16,17,18). The fraction of sp³-hybridized carbons (Fsp3) is 0.700. The number of rotatable bonds is 6. The molecule has 0 radical (unpaired) electrons. The Morgan fingerprint density at radius 2 is 1.89 bits per heavy atom. The molecule has 1 rings (SSSR count). The van der Waals surface area contributed by atoms with Crippen molar-refractivity contribution in [2.24, 2.45) is 0 Å². The van der Waals surface area contributed by atoms with Crippen LogP contribution in [0, 0.1) is 0 Å². The van der Waals surface area contributed by atoms with E-state index in [9.17, 15) is 13.2 Å². The molecule has 0 saturated carbocycles. The highest BCUT2D eigenvalue weighted by molar-refractivity contribution is 6.28. The van der Waals surface area contributed by atoms with E-state index < -0.39 is 12.7 Å². The molecule has 0 aliphatic heterocycles. The number of nitrogens with zero attached hydrogens (tertiary/aromatic N) is 4. The van der Waals surface area contributed by atoms with Crippen LogP contribution in [0.1, 0.15) is 20.3 Å². The molecular formula is C10H15ClF3N5. The van der Waals surface area contributed by atoms with Crippen LogP contribution in [-0.4, -0.2) is 40.8 Å². The molecule has 0 atom stereocenters. The predicted octanol–water partition coefficient (Wildman–Crippen LogP) is 2.74. The Morgan fingerprint density at radius 1 is 1.21 bits per heavy atom. The first-order valence-electron chi connectivity index (χ1n) is 5.82. The Bertz CT molecular complexity index is 413. The highest BCUT2D eigenvalue weighted by atomic mass is 35.5. The second kappa shape index (κ2) is 6.74. The predicted molar refractivity (Wildman–Crippen MR) is 67.6 cm³/mol. The Morgan fingerprint density at radius 3 is 2.42 bits per heavy atom. The fourth-order valence-corrected chi connectivity index (χ4v) is 1.49. The van der Waals surface area contributed by atoms with Gasteiger partial charge < -0.3 is 10.2 Å². The average Bonchev–Trinajstić information content (AvgIpc) is 2.31. The smallest absolute Gasteiger partial charge is 0.354 e. The summed E-state index contributed by atoms with van der Waals surface area (Å²) in [6, 6.07) is 0. The fourth-order valence-electron chi connectivity index (χ4n) is 1.34. The van der Waals surface area contributed by atoms with Crippen LogP contribution < -0.4 is 10.2 Å². The first-order valence-corrected chi connectivity index (χ1v) is 6.20. The van der Waals surface area contributed by atoms with Crippen LogP contribution in [0.3, 0.4) is 0 Å². The zero-order valence-electron chi connectivity index (χ0n) is 10.6. The van der Waals surface area contributed by atoms with Crippen molar-refractivity contribution in [1.29, 1.82) is 0 Å². The van der Waals surface area contributed by atoms with Crippen LogP contribution >= 0.6 is 11.6 Å². The third-order valence-corrected chi connectivity index (χ3v) is 2.33. The molecule has 0 spiro atoms. The monoisotopic (exact) mass is 297 g/mol. The molecule has 0 saturated heterocycles. The van der Waals surface area contributed by atoms with Gasteiger partial charge in [-0.25, -0.2) is 0 Å². The third kappa shape index (κ3) is 5.46. The summed E-state index contributed by atoms with van der Waals surface area (Å²) in [4.78, 5) is 12.5. The van der Waals surface area contributed by atoms with E-state index in [2.05, 4.69) is 20.3 Å². The number of aromatic nitrogens is 3. The topological polar surface area (TPSA) is 53.9 Å². The molecule has 0 aliphatic rings. The number of halogens is 4. The Hall–Kier alpha value is -1.31.